The summed E-state index contributed by atoms with van der Waals surface area (Å²) in [5.41, 5.74) is 4.16. The summed E-state index contributed by atoms with van der Waals surface area (Å²) in [5.74, 6) is 0.691. The number of carbonyl (C=O) groups is 1. The molecule has 1 aliphatic carbocycles. The van der Waals surface area contributed by atoms with Gasteiger partial charge in [0.2, 0.25) is 0 Å². The van der Waals surface area contributed by atoms with Crippen molar-refractivity contribution in [1.82, 2.24) is 9.55 Å². The Morgan fingerprint density at radius 1 is 1.24 bits per heavy atom. The van der Waals surface area contributed by atoms with Crippen molar-refractivity contribution in [3.63, 3.8) is 0 Å². The third-order valence-corrected chi connectivity index (χ3v) is 6.05. The molecular weight excluding hydrogens is 388 g/mol. The molecule has 1 aliphatic rings. The van der Waals surface area contributed by atoms with Gasteiger partial charge in [-0.1, -0.05) is 41.4 Å². The van der Waals surface area contributed by atoms with Crippen molar-refractivity contribution in [3.8, 4) is 5.75 Å². The molecule has 3 aromatic rings. The van der Waals surface area contributed by atoms with Crippen molar-refractivity contribution in [2.75, 3.05) is 0 Å². The fraction of sp³-hybridized carbons (Fsp3) is 0.391. The van der Waals surface area contributed by atoms with E-state index in [-0.39, 0.29) is 12.0 Å². The van der Waals surface area contributed by atoms with E-state index < -0.39 is 5.97 Å². The number of rotatable bonds is 5. The first-order valence-electron chi connectivity index (χ1n) is 10.0. The first-order chi connectivity index (χ1) is 13.9. The zero-order valence-corrected chi connectivity index (χ0v) is 17.4. The maximum atomic E-state index is 11.1. The van der Waals surface area contributed by atoms with Crippen LogP contribution in [0.15, 0.2) is 36.4 Å². The summed E-state index contributed by atoms with van der Waals surface area (Å²) in [4.78, 5) is 15.9. The van der Waals surface area contributed by atoms with Crippen molar-refractivity contribution in [3.05, 3.63) is 58.4 Å². The van der Waals surface area contributed by atoms with E-state index in [0.29, 0.717) is 23.6 Å². The number of aryl methyl sites for hydroxylation is 2. The Labute approximate surface area is 175 Å². The predicted octanol–water partition coefficient (Wildman–Crippen LogP) is 5.15. The van der Waals surface area contributed by atoms with Gasteiger partial charge in [0.1, 0.15) is 11.6 Å². The number of aliphatic carboxylic acids is 1. The lowest BCUT2D eigenvalue weighted by molar-refractivity contribution is -0.143. The number of fused-ring (bicyclic) bond motifs is 1. The zero-order chi connectivity index (χ0) is 20.5. The molecule has 1 aromatic heterocycles. The topological polar surface area (TPSA) is 64.3 Å². The van der Waals surface area contributed by atoms with Crippen molar-refractivity contribution in [2.45, 2.75) is 45.1 Å². The highest BCUT2D eigenvalue weighted by Gasteiger charge is 2.27. The molecule has 0 atom stereocenters. The number of carboxylic acid groups (broad SMARTS) is 1. The number of halogens is 1. The summed E-state index contributed by atoms with van der Waals surface area (Å²) in [7, 11) is 1.99. The second-order valence-electron chi connectivity index (χ2n) is 7.96. The van der Waals surface area contributed by atoms with Crippen LogP contribution in [0.5, 0.6) is 5.75 Å². The highest BCUT2D eigenvalue weighted by Crippen LogP contribution is 2.33. The van der Waals surface area contributed by atoms with Gasteiger partial charge in [-0.2, -0.15) is 0 Å². The molecule has 152 valence electrons. The normalized spacial score (nSPS) is 19.4. The number of carboxylic acids is 1. The Bertz CT molecular complexity index is 1050. The van der Waals surface area contributed by atoms with E-state index in [1.54, 1.807) is 0 Å². The van der Waals surface area contributed by atoms with Crippen molar-refractivity contribution in [1.29, 1.82) is 0 Å². The van der Waals surface area contributed by atoms with E-state index in [9.17, 15) is 4.79 Å². The van der Waals surface area contributed by atoms with Crippen LogP contribution in [0.25, 0.3) is 11.0 Å². The van der Waals surface area contributed by atoms with Gasteiger partial charge in [-0.3, -0.25) is 4.79 Å². The predicted molar refractivity (Wildman–Crippen MR) is 114 cm³/mol. The van der Waals surface area contributed by atoms with Crippen molar-refractivity contribution >= 4 is 28.6 Å². The van der Waals surface area contributed by atoms with Gasteiger partial charge < -0.3 is 14.4 Å². The maximum Gasteiger partial charge on any atom is 0.306 e. The molecule has 1 fully saturated rings. The fourth-order valence-corrected chi connectivity index (χ4v) is 4.50. The number of hydrogen-bond acceptors (Lipinski definition) is 3. The number of benzene rings is 2. The number of aromatic nitrogens is 2. The van der Waals surface area contributed by atoms with Gasteiger partial charge in [0.15, 0.2) is 0 Å². The monoisotopic (exact) mass is 412 g/mol. The molecule has 0 unspecified atom stereocenters. The van der Waals surface area contributed by atoms with E-state index in [0.717, 1.165) is 36.1 Å². The highest BCUT2D eigenvalue weighted by atomic mass is 35.5. The summed E-state index contributed by atoms with van der Waals surface area (Å²) in [6.45, 7) is 2.09. The minimum atomic E-state index is -0.706. The van der Waals surface area contributed by atoms with E-state index >= 15 is 0 Å². The fourth-order valence-electron chi connectivity index (χ4n) is 4.17. The molecule has 0 aliphatic heterocycles. The molecule has 1 N–H and O–H groups in total. The van der Waals surface area contributed by atoms with Crippen LogP contribution in [0, 0.1) is 12.8 Å². The molecule has 4 rings (SSSR count). The lowest BCUT2D eigenvalue weighted by Gasteiger charge is -2.26. The molecule has 2 aromatic carbocycles. The summed E-state index contributed by atoms with van der Waals surface area (Å²) in [6.07, 6.45) is 3.55. The first-order valence-corrected chi connectivity index (χ1v) is 10.4. The molecular formula is C23H25ClN2O3. The number of imidazole rings is 1. The van der Waals surface area contributed by atoms with E-state index in [4.69, 9.17) is 26.4 Å². The molecule has 5 nitrogen and oxygen atoms in total. The van der Waals surface area contributed by atoms with Gasteiger partial charge in [-0.15, -0.1) is 0 Å². The largest absolute Gasteiger partial charge is 0.490 e. The molecule has 0 saturated heterocycles. The maximum absolute atomic E-state index is 11.1. The van der Waals surface area contributed by atoms with Crippen LogP contribution in [0.4, 0.5) is 0 Å². The molecule has 0 bridgehead atoms. The van der Waals surface area contributed by atoms with Crippen LogP contribution in [-0.2, 0) is 18.3 Å². The molecule has 6 heteroatoms. The van der Waals surface area contributed by atoms with Crippen molar-refractivity contribution in [2.24, 2.45) is 13.0 Å². The standard InChI is InChI=1S/C23H25ClN2O3/c1-14-4-3-5-15(10-14)11-21-25-20-13-18(12-19(24)22(20)26(21)2)29-17-8-6-16(7-9-17)23(27)28/h3-5,10,12-13,16-17H,6-9,11H2,1-2H3,(H,27,28). The molecule has 0 spiro atoms. The molecule has 0 radical (unpaired) electrons. The summed E-state index contributed by atoms with van der Waals surface area (Å²) >= 11 is 6.57. The Kier molecular flexibility index (Phi) is 5.50. The van der Waals surface area contributed by atoms with Gasteiger partial charge in [-0.25, -0.2) is 4.98 Å². The molecule has 1 saturated carbocycles. The third-order valence-electron chi connectivity index (χ3n) is 5.76. The number of nitrogens with zero attached hydrogens (tertiary/aromatic N) is 2. The second kappa shape index (κ2) is 8.07. The quantitative estimate of drug-likeness (QED) is 0.629. The smallest absolute Gasteiger partial charge is 0.306 e. The van der Waals surface area contributed by atoms with Gasteiger partial charge in [-0.05, 0) is 38.2 Å². The third kappa shape index (κ3) is 4.25. The highest BCUT2D eigenvalue weighted by molar-refractivity contribution is 6.35. The van der Waals surface area contributed by atoms with Gasteiger partial charge in [0.25, 0.3) is 0 Å². The average Bonchev–Trinajstić information content (AvgIpc) is 2.98. The SMILES string of the molecule is Cc1cccc(Cc2nc3cc(OC4CCC(C(=O)O)CC4)cc(Cl)c3n2C)c1. The lowest BCUT2D eigenvalue weighted by atomic mass is 9.87. The molecule has 1 heterocycles. The van der Waals surface area contributed by atoms with Crippen LogP contribution in [0.2, 0.25) is 5.02 Å². The number of ether oxygens (including phenoxy) is 1. The first kappa shape index (κ1) is 19.8. The van der Waals surface area contributed by atoms with Crippen LogP contribution in [0.1, 0.15) is 42.6 Å². The van der Waals surface area contributed by atoms with E-state index in [1.807, 2.05) is 23.7 Å². The number of hydrogen-bond donors (Lipinski definition) is 1. The minimum absolute atomic E-state index is 0.0228. The van der Waals surface area contributed by atoms with Crippen molar-refractivity contribution < 1.29 is 14.6 Å². The summed E-state index contributed by atoms with van der Waals surface area (Å²) in [5, 5.41) is 9.76. The average molecular weight is 413 g/mol. The Morgan fingerprint density at radius 3 is 2.69 bits per heavy atom. The lowest BCUT2D eigenvalue weighted by Crippen LogP contribution is -2.27. The van der Waals surface area contributed by atoms with Crippen LogP contribution in [-0.4, -0.2) is 26.7 Å². The van der Waals surface area contributed by atoms with E-state index in [2.05, 4.69) is 31.2 Å². The van der Waals surface area contributed by atoms with Crippen LogP contribution in [0.3, 0.4) is 0 Å². The zero-order valence-electron chi connectivity index (χ0n) is 16.7. The Balaban J connectivity index is 1.55. The Hall–Kier alpha value is -2.53. The summed E-state index contributed by atoms with van der Waals surface area (Å²) < 4.78 is 8.17. The van der Waals surface area contributed by atoms with Gasteiger partial charge in [0.05, 0.1) is 28.1 Å². The van der Waals surface area contributed by atoms with E-state index in [1.165, 1.54) is 11.1 Å². The Morgan fingerprint density at radius 2 is 2.00 bits per heavy atom. The minimum Gasteiger partial charge on any atom is -0.490 e. The molecule has 0 amide bonds. The van der Waals surface area contributed by atoms with Gasteiger partial charge in [0, 0.05) is 25.6 Å². The summed E-state index contributed by atoms with van der Waals surface area (Å²) in [6, 6.07) is 12.2. The second-order valence-corrected chi connectivity index (χ2v) is 8.36. The van der Waals surface area contributed by atoms with Gasteiger partial charge >= 0.3 is 5.97 Å². The van der Waals surface area contributed by atoms with Crippen LogP contribution < -0.4 is 4.74 Å². The molecule has 29 heavy (non-hydrogen) atoms. The van der Waals surface area contributed by atoms with Crippen LogP contribution >= 0.6 is 11.6 Å².